The largest absolute Gasteiger partial charge is 0.392 e. The van der Waals surface area contributed by atoms with Crippen LogP contribution in [0.4, 0.5) is 4.39 Å². The molecule has 5 heteroatoms. The van der Waals surface area contributed by atoms with Crippen LogP contribution in [0.15, 0.2) is 35.1 Å². The Labute approximate surface area is 94.3 Å². The van der Waals surface area contributed by atoms with Crippen LogP contribution in [-0.4, -0.2) is 14.9 Å². The minimum Gasteiger partial charge on any atom is -0.392 e. The zero-order valence-electron chi connectivity index (χ0n) is 7.69. The second-order valence-electron chi connectivity index (χ2n) is 3.08. The molecule has 2 aromatic rings. The number of nitrogens with zero attached hydrogens (tertiary/aromatic N) is 2. The molecule has 0 fully saturated rings. The number of aliphatic hydroxyl groups excluding tert-OH is 1. The quantitative estimate of drug-likeness (QED) is 0.909. The number of rotatable bonds is 2. The lowest BCUT2D eigenvalue weighted by Crippen LogP contribution is -1.97. The van der Waals surface area contributed by atoms with Gasteiger partial charge in [0.15, 0.2) is 0 Å². The fourth-order valence-electron chi connectivity index (χ4n) is 1.30. The third kappa shape index (κ3) is 2.24. The molecule has 1 aromatic heterocycles. The van der Waals surface area contributed by atoms with Crippen LogP contribution in [0.5, 0.6) is 0 Å². The Bertz CT molecular complexity index is 484. The van der Waals surface area contributed by atoms with Crippen LogP contribution in [-0.2, 0) is 6.61 Å². The van der Waals surface area contributed by atoms with Crippen LogP contribution in [0.1, 0.15) is 5.56 Å². The smallest absolute Gasteiger partial charge is 0.125 e. The molecule has 0 aliphatic carbocycles. The maximum absolute atomic E-state index is 13.1. The van der Waals surface area contributed by atoms with E-state index in [0.29, 0.717) is 11.3 Å². The minimum absolute atomic E-state index is 0.187. The number of halogens is 2. The number of benzene rings is 1. The van der Waals surface area contributed by atoms with E-state index in [0.717, 1.165) is 4.47 Å². The molecule has 1 heterocycles. The van der Waals surface area contributed by atoms with Gasteiger partial charge in [-0.2, -0.15) is 5.10 Å². The monoisotopic (exact) mass is 270 g/mol. The van der Waals surface area contributed by atoms with Gasteiger partial charge in [0.25, 0.3) is 0 Å². The second-order valence-corrected chi connectivity index (χ2v) is 3.99. The van der Waals surface area contributed by atoms with Crippen molar-refractivity contribution in [3.05, 3.63) is 46.4 Å². The van der Waals surface area contributed by atoms with E-state index < -0.39 is 0 Å². The first-order valence-corrected chi connectivity index (χ1v) is 5.09. The van der Waals surface area contributed by atoms with Crippen LogP contribution < -0.4 is 0 Å². The summed E-state index contributed by atoms with van der Waals surface area (Å²) in [6.07, 6.45) is 3.33. The van der Waals surface area contributed by atoms with Crippen LogP contribution in [0, 0.1) is 5.82 Å². The van der Waals surface area contributed by atoms with E-state index in [4.69, 9.17) is 5.11 Å². The maximum atomic E-state index is 13.1. The summed E-state index contributed by atoms with van der Waals surface area (Å²) in [4.78, 5) is 0. The zero-order valence-corrected chi connectivity index (χ0v) is 9.28. The molecule has 0 saturated heterocycles. The summed E-state index contributed by atoms with van der Waals surface area (Å²) in [6, 6.07) is 4.34. The number of hydrogen-bond donors (Lipinski definition) is 1. The van der Waals surface area contributed by atoms with E-state index in [2.05, 4.69) is 21.0 Å². The van der Waals surface area contributed by atoms with Gasteiger partial charge >= 0.3 is 0 Å². The summed E-state index contributed by atoms with van der Waals surface area (Å²) in [7, 11) is 0. The lowest BCUT2D eigenvalue weighted by molar-refractivity contribution is 0.281. The normalized spacial score (nSPS) is 10.6. The van der Waals surface area contributed by atoms with Crippen molar-refractivity contribution in [3.63, 3.8) is 0 Å². The molecule has 0 amide bonds. The van der Waals surface area contributed by atoms with E-state index >= 15 is 0 Å². The topological polar surface area (TPSA) is 38.0 Å². The van der Waals surface area contributed by atoms with Gasteiger partial charge in [-0.15, -0.1) is 0 Å². The van der Waals surface area contributed by atoms with Gasteiger partial charge in [0.1, 0.15) is 5.82 Å². The zero-order chi connectivity index (χ0) is 10.8. The van der Waals surface area contributed by atoms with E-state index in [-0.39, 0.29) is 12.4 Å². The molecular formula is C10H8BrFN2O. The summed E-state index contributed by atoms with van der Waals surface area (Å²) in [5.74, 6) is -0.386. The average molecular weight is 271 g/mol. The highest BCUT2D eigenvalue weighted by Crippen LogP contribution is 2.15. The minimum atomic E-state index is -0.386. The van der Waals surface area contributed by atoms with Crippen LogP contribution in [0.2, 0.25) is 0 Å². The standard InChI is InChI=1S/C10H8BrFN2O/c11-8-4-13-14(5-8)10-2-7(6-15)1-9(12)3-10/h1-5,15H,6H2. The molecular weight excluding hydrogens is 263 g/mol. The average Bonchev–Trinajstić information content (AvgIpc) is 2.64. The molecule has 0 aliphatic rings. The summed E-state index contributed by atoms with van der Waals surface area (Å²) >= 11 is 3.26. The number of aromatic nitrogens is 2. The predicted molar refractivity (Wildman–Crippen MR) is 57.1 cm³/mol. The van der Waals surface area contributed by atoms with Crippen molar-refractivity contribution in [3.8, 4) is 5.69 Å². The van der Waals surface area contributed by atoms with Crippen molar-refractivity contribution in [2.24, 2.45) is 0 Å². The van der Waals surface area contributed by atoms with Gasteiger partial charge in [-0.1, -0.05) is 0 Å². The molecule has 0 bridgehead atoms. The molecule has 0 aliphatic heterocycles. The van der Waals surface area contributed by atoms with Crippen LogP contribution >= 0.6 is 15.9 Å². The van der Waals surface area contributed by atoms with Crippen molar-refractivity contribution < 1.29 is 9.50 Å². The Hall–Kier alpha value is -1.20. The summed E-state index contributed by atoms with van der Waals surface area (Å²) < 4.78 is 15.5. The first kappa shape index (κ1) is 10.3. The van der Waals surface area contributed by atoms with Crippen molar-refractivity contribution in [1.82, 2.24) is 9.78 Å². The maximum Gasteiger partial charge on any atom is 0.125 e. The molecule has 0 unspecified atom stereocenters. The SMILES string of the molecule is OCc1cc(F)cc(-n2cc(Br)cn2)c1. The van der Waals surface area contributed by atoms with E-state index in [1.807, 2.05) is 0 Å². The molecule has 1 aromatic carbocycles. The molecule has 78 valence electrons. The lowest BCUT2D eigenvalue weighted by Gasteiger charge is -2.03. The van der Waals surface area contributed by atoms with Crippen LogP contribution in [0.25, 0.3) is 5.69 Å². The van der Waals surface area contributed by atoms with E-state index in [1.165, 1.54) is 16.8 Å². The van der Waals surface area contributed by atoms with Gasteiger partial charge in [-0.3, -0.25) is 0 Å². The van der Waals surface area contributed by atoms with Gasteiger partial charge in [-0.25, -0.2) is 9.07 Å². The van der Waals surface area contributed by atoms with Crippen molar-refractivity contribution in [2.45, 2.75) is 6.61 Å². The van der Waals surface area contributed by atoms with E-state index in [9.17, 15) is 4.39 Å². The van der Waals surface area contributed by atoms with Gasteiger partial charge < -0.3 is 5.11 Å². The first-order valence-electron chi connectivity index (χ1n) is 4.30. The van der Waals surface area contributed by atoms with Crippen LogP contribution in [0.3, 0.4) is 0 Å². The fourth-order valence-corrected chi connectivity index (χ4v) is 1.58. The molecule has 0 radical (unpaired) electrons. The molecule has 2 rings (SSSR count). The molecule has 0 spiro atoms. The number of aliphatic hydroxyl groups is 1. The molecule has 0 atom stereocenters. The summed E-state index contributed by atoms with van der Waals surface area (Å²) in [6.45, 7) is -0.187. The first-order chi connectivity index (χ1) is 7.19. The van der Waals surface area contributed by atoms with Crippen molar-refractivity contribution in [2.75, 3.05) is 0 Å². The number of hydrogen-bond acceptors (Lipinski definition) is 2. The Balaban J connectivity index is 2.48. The highest BCUT2D eigenvalue weighted by Gasteiger charge is 2.03. The van der Waals surface area contributed by atoms with E-state index in [1.54, 1.807) is 18.5 Å². The molecule has 1 N–H and O–H groups in total. The Morgan fingerprint density at radius 2 is 2.20 bits per heavy atom. The van der Waals surface area contributed by atoms with Gasteiger partial charge in [0.2, 0.25) is 0 Å². The second kappa shape index (κ2) is 4.12. The molecule has 0 saturated carbocycles. The van der Waals surface area contributed by atoms with Gasteiger partial charge in [0.05, 0.1) is 23.0 Å². The highest BCUT2D eigenvalue weighted by molar-refractivity contribution is 9.10. The lowest BCUT2D eigenvalue weighted by atomic mass is 10.2. The van der Waals surface area contributed by atoms with Crippen molar-refractivity contribution >= 4 is 15.9 Å². The Kier molecular flexibility index (Phi) is 2.83. The van der Waals surface area contributed by atoms with Crippen molar-refractivity contribution in [1.29, 1.82) is 0 Å². The third-order valence-corrected chi connectivity index (χ3v) is 2.35. The Morgan fingerprint density at radius 1 is 1.40 bits per heavy atom. The summed E-state index contributed by atoms with van der Waals surface area (Å²) in [5.41, 5.74) is 1.11. The molecule has 15 heavy (non-hydrogen) atoms. The third-order valence-electron chi connectivity index (χ3n) is 1.94. The summed E-state index contributed by atoms with van der Waals surface area (Å²) in [5, 5.41) is 13.0. The molecule has 3 nitrogen and oxygen atoms in total. The van der Waals surface area contributed by atoms with Gasteiger partial charge in [0, 0.05) is 6.20 Å². The fraction of sp³-hybridized carbons (Fsp3) is 0.100. The predicted octanol–water partition coefficient (Wildman–Crippen LogP) is 2.27. The Morgan fingerprint density at radius 3 is 2.80 bits per heavy atom. The highest BCUT2D eigenvalue weighted by atomic mass is 79.9. The van der Waals surface area contributed by atoms with Gasteiger partial charge in [-0.05, 0) is 39.7 Å².